The predicted octanol–water partition coefficient (Wildman–Crippen LogP) is 8.57. The lowest BCUT2D eigenvalue weighted by Crippen LogP contribution is -2.40. The van der Waals surface area contributed by atoms with E-state index >= 15 is 0 Å². The number of nitrogens with one attached hydrogen (secondary N) is 1. The molecule has 0 saturated heterocycles. The molecule has 0 radical (unpaired) electrons. The first-order valence-corrected chi connectivity index (χ1v) is 16.5. The molecule has 1 aliphatic heterocycles. The smallest absolute Gasteiger partial charge is 0.256 e. The lowest BCUT2D eigenvalue weighted by Gasteiger charge is -2.23. The molecule has 1 saturated carbocycles. The quantitative estimate of drug-likeness (QED) is 0.218. The SMILES string of the molecule is CCCCC1=NC2(CCCC2)C(=O)N1Cc1ccc(-c2ccccc2SNc2noc(C)c2C)c(CSCC)c1. The Bertz CT molecular complexity index is 1380. The second-order valence-corrected chi connectivity index (χ2v) is 12.9. The number of aliphatic imine (C=N–C) groups is 1. The van der Waals surface area contributed by atoms with Crippen LogP contribution >= 0.6 is 23.7 Å². The summed E-state index contributed by atoms with van der Waals surface area (Å²) in [5.74, 6) is 4.76. The fourth-order valence-electron chi connectivity index (χ4n) is 5.61. The number of thioether (sulfide) groups is 1. The highest BCUT2D eigenvalue weighted by molar-refractivity contribution is 8.00. The van der Waals surface area contributed by atoms with Crippen LogP contribution in [0, 0.1) is 13.8 Å². The summed E-state index contributed by atoms with van der Waals surface area (Å²) in [6.45, 7) is 8.92. The van der Waals surface area contributed by atoms with Gasteiger partial charge in [0, 0.05) is 22.6 Å². The van der Waals surface area contributed by atoms with Crippen LogP contribution in [-0.4, -0.2) is 33.1 Å². The molecule has 2 aromatic carbocycles. The number of nitrogens with zero attached hydrogens (tertiary/aromatic N) is 3. The number of anilines is 1. The van der Waals surface area contributed by atoms with Crippen LogP contribution in [0.5, 0.6) is 0 Å². The van der Waals surface area contributed by atoms with E-state index in [0.29, 0.717) is 6.54 Å². The van der Waals surface area contributed by atoms with Crippen LogP contribution in [0.4, 0.5) is 5.82 Å². The van der Waals surface area contributed by atoms with Crippen molar-refractivity contribution in [2.45, 2.75) is 95.4 Å². The Balaban J connectivity index is 1.42. The largest absolute Gasteiger partial charge is 0.359 e. The Morgan fingerprint density at radius 1 is 1.07 bits per heavy atom. The topological polar surface area (TPSA) is 70.7 Å². The zero-order chi connectivity index (χ0) is 28.1. The maximum atomic E-state index is 13.7. The fourth-order valence-corrected chi connectivity index (χ4v) is 7.11. The lowest BCUT2D eigenvalue weighted by molar-refractivity contribution is -0.131. The van der Waals surface area contributed by atoms with Gasteiger partial charge in [0.25, 0.3) is 5.91 Å². The van der Waals surface area contributed by atoms with Gasteiger partial charge in [-0.25, -0.2) is 0 Å². The summed E-state index contributed by atoms with van der Waals surface area (Å²) in [7, 11) is 0. The van der Waals surface area contributed by atoms with Crippen molar-refractivity contribution in [3.8, 4) is 11.1 Å². The van der Waals surface area contributed by atoms with E-state index < -0.39 is 5.54 Å². The highest BCUT2D eigenvalue weighted by Crippen LogP contribution is 2.41. The van der Waals surface area contributed by atoms with Gasteiger partial charge in [0.15, 0.2) is 5.82 Å². The predicted molar refractivity (Wildman–Crippen MR) is 168 cm³/mol. The van der Waals surface area contributed by atoms with Gasteiger partial charge >= 0.3 is 0 Å². The van der Waals surface area contributed by atoms with E-state index in [2.05, 4.69) is 66.2 Å². The molecule has 1 spiro atoms. The summed E-state index contributed by atoms with van der Waals surface area (Å²) in [4.78, 5) is 21.9. The number of hydrogen-bond acceptors (Lipinski definition) is 7. The average molecular weight is 577 g/mol. The molecule has 0 atom stereocenters. The highest BCUT2D eigenvalue weighted by Gasteiger charge is 2.49. The first-order valence-electron chi connectivity index (χ1n) is 14.5. The molecule has 1 aromatic heterocycles. The highest BCUT2D eigenvalue weighted by atomic mass is 32.2. The second kappa shape index (κ2) is 12.9. The number of benzene rings is 2. The summed E-state index contributed by atoms with van der Waals surface area (Å²) >= 11 is 3.48. The van der Waals surface area contributed by atoms with E-state index in [-0.39, 0.29) is 5.91 Å². The third kappa shape index (κ3) is 5.98. The van der Waals surface area contributed by atoms with E-state index in [1.54, 1.807) is 11.9 Å². The number of aromatic nitrogens is 1. The van der Waals surface area contributed by atoms with Crippen LogP contribution in [-0.2, 0) is 17.1 Å². The van der Waals surface area contributed by atoms with Gasteiger partial charge in [0.1, 0.15) is 17.1 Å². The number of aryl methyl sites for hydroxylation is 1. The number of amides is 1. The molecule has 1 amide bonds. The third-order valence-electron chi connectivity index (χ3n) is 8.05. The van der Waals surface area contributed by atoms with Crippen LogP contribution in [0.1, 0.15) is 81.2 Å². The zero-order valence-electron chi connectivity index (χ0n) is 24.1. The Morgan fingerprint density at radius 3 is 2.60 bits per heavy atom. The molecular formula is C32H40N4O2S2. The monoisotopic (exact) mass is 576 g/mol. The minimum Gasteiger partial charge on any atom is -0.359 e. The van der Waals surface area contributed by atoms with Crippen molar-refractivity contribution in [3.05, 3.63) is 64.9 Å². The van der Waals surface area contributed by atoms with Gasteiger partial charge in [0.2, 0.25) is 0 Å². The van der Waals surface area contributed by atoms with E-state index in [9.17, 15) is 4.79 Å². The van der Waals surface area contributed by atoms with Crippen molar-refractivity contribution < 1.29 is 9.32 Å². The maximum Gasteiger partial charge on any atom is 0.256 e. The van der Waals surface area contributed by atoms with Crippen LogP contribution in [0.3, 0.4) is 0 Å². The molecule has 5 rings (SSSR count). The first kappa shape index (κ1) is 28.8. The number of hydrogen-bond donors (Lipinski definition) is 1. The maximum absolute atomic E-state index is 13.7. The summed E-state index contributed by atoms with van der Waals surface area (Å²) in [6.07, 6.45) is 7.02. The van der Waals surface area contributed by atoms with Crippen molar-refractivity contribution >= 4 is 41.3 Å². The van der Waals surface area contributed by atoms with Gasteiger partial charge in [0.05, 0.1) is 6.54 Å². The standard InChI is InChI=1S/C32H40N4O2S2/c1-5-7-14-29-33-32(17-10-11-18-32)31(37)36(29)20-24-15-16-26(25(19-24)21-39-6-2)27-12-8-9-13-28(27)40-35-30-22(3)23(4)38-34-30/h8-9,12-13,15-16,19H,5-7,10-11,14,17-18,20-21H2,1-4H3,(H,34,35). The molecule has 1 N–H and O–H groups in total. The van der Waals surface area contributed by atoms with E-state index in [1.807, 2.05) is 30.5 Å². The lowest BCUT2D eigenvalue weighted by atomic mass is 9.96. The molecule has 2 aliphatic rings. The Hall–Kier alpha value is -2.71. The number of unbranched alkanes of at least 4 members (excludes halogenated alkanes) is 1. The third-order valence-corrected chi connectivity index (χ3v) is 9.84. The second-order valence-electron chi connectivity index (χ2n) is 10.8. The molecule has 1 aliphatic carbocycles. The summed E-state index contributed by atoms with van der Waals surface area (Å²) in [6, 6.07) is 15.2. The van der Waals surface area contributed by atoms with Gasteiger partial charge in [-0.1, -0.05) is 74.7 Å². The van der Waals surface area contributed by atoms with Gasteiger partial charge in [-0.15, -0.1) is 0 Å². The molecule has 1 fully saturated rings. The normalized spacial score (nSPS) is 16.2. The number of carbonyl (C=O) groups excluding carboxylic acids is 1. The van der Waals surface area contributed by atoms with Crippen molar-refractivity contribution in [3.63, 3.8) is 0 Å². The molecule has 6 nitrogen and oxygen atoms in total. The molecule has 3 aromatic rings. The van der Waals surface area contributed by atoms with E-state index in [1.165, 1.54) is 22.3 Å². The van der Waals surface area contributed by atoms with Gasteiger partial charge < -0.3 is 9.25 Å². The minimum atomic E-state index is -0.492. The Kier molecular flexibility index (Phi) is 9.26. The molecule has 0 unspecified atom stereocenters. The summed E-state index contributed by atoms with van der Waals surface area (Å²) < 4.78 is 8.71. The fraction of sp³-hybridized carbons (Fsp3) is 0.469. The first-order chi connectivity index (χ1) is 19.5. The number of carbonyl (C=O) groups is 1. The van der Waals surface area contributed by atoms with Crippen LogP contribution in [0.2, 0.25) is 0 Å². The molecule has 212 valence electrons. The zero-order valence-corrected chi connectivity index (χ0v) is 25.7. The summed E-state index contributed by atoms with van der Waals surface area (Å²) in [5, 5.41) is 4.16. The molecule has 2 heterocycles. The van der Waals surface area contributed by atoms with Crippen molar-refractivity contribution in [1.82, 2.24) is 10.1 Å². The van der Waals surface area contributed by atoms with Gasteiger partial charge in [-0.05, 0) is 79.1 Å². The van der Waals surface area contributed by atoms with Crippen LogP contribution in [0.15, 0.2) is 56.9 Å². The van der Waals surface area contributed by atoms with Crippen LogP contribution < -0.4 is 4.72 Å². The van der Waals surface area contributed by atoms with Gasteiger partial charge in [-0.3, -0.25) is 14.7 Å². The van der Waals surface area contributed by atoms with Crippen LogP contribution in [0.25, 0.3) is 11.1 Å². The molecule has 40 heavy (non-hydrogen) atoms. The van der Waals surface area contributed by atoms with Crippen molar-refractivity contribution in [2.75, 3.05) is 10.5 Å². The van der Waals surface area contributed by atoms with Crippen molar-refractivity contribution in [2.24, 2.45) is 4.99 Å². The average Bonchev–Trinajstić information content (AvgIpc) is 3.65. The Labute approximate surface area is 246 Å². The molecular weight excluding hydrogens is 537 g/mol. The van der Waals surface area contributed by atoms with Crippen molar-refractivity contribution in [1.29, 1.82) is 0 Å². The van der Waals surface area contributed by atoms with E-state index in [0.717, 1.165) is 84.3 Å². The van der Waals surface area contributed by atoms with Gasteiger partial charge in [-0.2, -0.15) is 11.8 Å². The summed E-state index contributed by atoms with van der Waals surface area (Å²) in [5.41, 5.74) is 5.39. The van der Waals surface area contributed by atoms with E-state index in [4.69, 9.17) is 9.52 Å². The number of rotatable bonds is 12. The molecule has 8 heteroatoms. The number of amidine groups is 1. The Morgan fingerprint density at radius 2 is 1.88 bits per heavy atom. The minimum absolute atomic E-state index is 0.218. The molecule has 0 bridgehead atoms.